The number of anilines is 1. The van der Waals surface area contributed by atoms with Gasteiger partial charge in [0.1, 0.15) is 11.6 Å². The number of alkyl halides is 3. The molecule has 2 N–H and O–H groups in total. The number of benzene rings is 1. The topological polar surface area (TPSA) is 97.4 Å². The number of amides is 1. The second-order valence-corrected chi connectivity index (χ2v) is 7.20. The zero-order valence-electron chi connectivity index (χ0n) is 14.1. The maximum Gasteiger partial charge on any atom is 0.573 e. The number of sulfonamides is 1. The molecule has 1 aromatic carbocycles. The molecule has 0 saturated carbocycles. The van der Waals surface area contributed by atoms with Crippen molar-refractivity contribution in [3.8, 4) is 5.75 Å². The Labute approximate surface area is 153 Å². The zero-order valence-corrected chi connectivity index (χ0v) is 14.9. The van der Waals surface area contributed by atoms with Gasteiger partial charge in [0.2, 0.25) is 15.9 Å². The van der Waals surface area contributed by atoms with E-state index in [1.54, 1.807) is 12.1 Å². The van der Waals surface area contributed by atoms with Crippen molar-refractivity contribution in [3.63, 3.8) is 0 Å². The fourth-order valence-electron chi connectivity index (χ4n) is 2.01. The van der Waals surface area contributed by atoms with E-state index < -0.39 is 28.0 Å². The SMILES string of the molecule is Cc1ccnc(NC(=O)CCNS(=O)(=O)c2ccc(OC(F)(F)F)cc2)c1. The van der Waals surface area contributed by atoms with E-state index in [9.17, 15) is 26.4 Å². The van der Waals surface area contributed by atoms with Crippen molar-refractivity contribution < 1.29 is 31.1 Å². The highest BCUT2D eigenvalue weighted by Crippen LogP contribution is 2.23. The maximum absolute atomic E-state index is 12.1. The van der Waals surface area contributed by atoms with E-state index in [1.165, 1.54) is 6.20 Å². The predicted octanol–water partition coefficient (Wildman–Crippen LogP) is 2.60. The van der Waals surface area contributed by atoms with Crippen LogP contribution < -0.4 is 14.8 Å². The number of carbonyl (C=O) groups excluding carboxylic acids is 1. The lowest BCUT2D eigenvalue weighted by Crippen LogP contribution is -2.28. The van der Waals surface area contributed by atoms with Gasteiger partial charge in [0.05, 0.1) is 4.90 Å². The first kappa shape index (κ1) is 20.6. The first-order chi connectivity index (χ1) is 12.5. The summed E-state index contributed by atoms with van der Waals surface area (Å²) in [4.78, 5) is 15.5. The van der Waals surface area contributed by atoms with Gasteiger partial charge in [0, 0.05) is 19.2 Å². The lowest BCUT2D eigenvalue weighted by molar-refractivity contribution is -0.274. The minimum Gasteiger partial charge on any atom is -0.406 e. The molecule has 27 heavy (non-hydrogen) atoms. The highest BCUT2D eigenvalue weighted by molar-refractivity contribution is 7.89. The van der Waals surface area contributed by atoms with Gasteiger partial charge in [-0.1, -0.05) is 0 Å². The van der Waals surface area contributed by atoms with Crippen molar-refractivity contribution in [3.05, 3.63) is 48.2 Å². The number of nitrogens with zero attached hydrogens (tertiary/aromatic N) is 1. The summed E-state index contributed by atoms with van der Waals surface area (Å²) in [5.41, 5.74) is 0.902. The summed E-state index contributed by atoms with van der Waals surface area (Å²) in [6.07, 6.45) is -3.48. The van der Waals surface area contributed by atoms with Gasteiger partial charge >= 0.3 is 6.36 Å². The molecule has 0 unspecified atom stereocenters. The molecule has 1 aromatic heterocycles. The monoisotopic (exact) mass is 403 g/mol. The van der Waals surface area contributed by atoms with Crippen LogP contribution in [0.15, 0.2) is 47.5 Å². The van der Waals surface area contributed by atoms with Crippen LogP contribution in [0.25, 0.3) is 0 Å². The number of hydrogen-bond acceptors (Lipinski definition) is 5. The van der Waals surface area contributed by atoms with E-state index in [-0.39, 0.29) is 17.9 Å². The Morgan fingerprint density at radius 1 is 1.19 bits per heavy atom. The Hall–Kier alpha value is -2.66. The molecule has 2 aromatic rings. The quantitative estimate of drug-likeness (QED) is 0.741. The standard InChI is InChI=1S/C16H16F3N3O4S/c1-11-6-8-20-14(10-11)22-15(23)7-9-21-27(24,25)13-4-2-12(3-5-13)26-16(17,18)19/h2-6,8,10,21H,7,9H2,1H3,(H,20,22,23). The van der Waals surface area contributed by atoms with Gasteiger partial charge in [0.15, 0.2) is 0 Å². The van der Waals surface area contributed by atoms with Crippen molar-refractivity contribution in [2.24, 2.45) is 0 Å². The summed E-state index contributed by atoms with van der Waals surface area (Å²) in [6, 6.07) is 7.14. The minimum atomic E-state index is -4.86. The number of nitrogens with one attached hydrogen (secondary N) is 2. The van der Waals surface area contributed by atoms with Gasteiger partial charge < -0.3 is 10.1 Å². The largest absolute Gasteiger partial charge is 0.573 e. The molecule has 146 valence electrons. The van der Waals surface area contributed by atoms with Crippen LogP contribution in [0.5, 0.6) is 5.75 Å². The van der Waals surface area contributed by atoms with Gasteiger partial charge in [-0.15, -0.1) is 13.2 Å². The predicted molar refractivity (Wildman–Crippen MR) is 90.5 cm³/mol. The number of ether oxygens (including phenoxy) is 1. The van der Waals surface area contributed by atoms with E-state index >= 15 is 0 Å². The molecule has 2 rings (SSSR count). The van der Waals surface area contributed by atoms with E-state index in [2.05, 4.69) is 19.8 Å². The summed E-state index contributed by atoms with van der Waals surface area (Å²) in [5.74, 6) is -0.626. The van der Waals surface area contributed by atoms with Crippen LogP contribution in [-0.2, 0) is 14.8 Å². The van der Waals surface area contributed by atoms with Crippen molar-refractivity contribution >= 4 is 21.7 Å². The first-order valence-corrected chi connectivity index (χ1v) is 9.11. The number of hydrogen-bond donors (Lipinski definition) is 2. The summed E-state index contributed by atoms with van der Waals surface area (Å²) < 4.78 is 66.4. The Kier molecular flexibility index (Phi) is 6.39. The van der Waals surface area contributed by atoms with Crippen LogP contribution >= 0.6 is 0 Å². The number of pyridine rings is 1. The highest BCUT2D eigenvalue weighted by Gasteiger charge is 2.31. The minimum absolute atomic E-state index is 0.149. The number of carbonyl (C=O) groups is 1. The smallest absolute Gasteiger partial charge is 0.406 e. The first-order valence-electron chi connectivity index (χ1n) is 7.63. The van der Waals surface area contributed by atoms with Gasteiger partial charge in [0.25, 0.3) is 0 Å². The van der Waals surface area contributed by atoms with Gasteiger partial charge in [-0.25, -0.2) is 18.1 Å². The molecule has 0 fully saturated rings. The third-order valence-electron chi connectivity index (χ3n) is 3.19. The van der Waals surface area contributed by atoms with Crippen molar-refractivity contribution in [1.82, 2.24) is 9.71 Å². The van der Waals surface area contributed by atoms with E-state index in [4.69, 9.17) is 0 Å². The second-order valence-electron chi connectivity index (χ2n) is 5.43. The molecular formula is C16H16F3N3O4S. The summed E-state index contributed by atoms with van der Waals surface area (Å²) >= 11 is 0. The lowest BCUT2D eigenvalue weighted by Gasteiger charge is -2.10. The average Bonchev–Trinajstić information content (AvgIpc) is 2.53. The Morgan fingerprint density at radius 3 is 2.44 bits per heavy atom. The third-order valence-corrected chi connectivity index (χ3v) is 4.67. The molecule has 0 atom stereocenters. The summed E-state index contributed by atoms with van der Waals surface area (Å²) in [6.45, 7) is 1.64. The molecule has 7 nitrogen and oxygen atoms in total. The third kappa shape index (κ3) is 6.87. The van der Waals surface area contributed by atoms with E-state index in [0.717, 1.165) is 29.8 Å². The summed E-state index contributed by atoms with van der Waals surface area (Å²) in [7, 11) is -3.98. The molecule has 1 amide bonds. The van der Waals surface area contributed by atoms with E-state index in [0.29, 0.717) is 5.82 Å². The molecule has 0 bridgehead atoms. The molecular weight excluding hydrogens is 387 g/mol. The number of aromatic nitrogens is 1. The molecule has 0 aliphatic carbocycles. The van der Waals surface area contributed by atoms with Crippen LogP contribution in [0.1, 0.15) is 12.0 Å². The van der Waals surface area contributed by atoms with E-state index in [1.807, 2.05) is 6.92 Å². The fourth-order valence-corrected chi connectivity index (χ4v) is 3.04. The number of rotatable bonds is 7. The maximum atomic E-state index is 12.1. The lowest BCUT2D eigenvalue weighted by atomic mass is 10.3. The summed E-state index contributed by atoms with van der Waals surface area (Å²) in [5, 5.41) is 2.53. The molecule has 0 aliphatic rings. The van der Waals surface area contributed by atoms with Crippen LogP contribution in [-0.4, -0.2) is 32.2 Å². The van der Waals surface area contributed by atoms with Crippen LogP contribution in [0.4, 0.5) is 19.0 Å². The molecule has 0 saturated heterocycles. The molecule has 1 heterocycles. The van der Waals surface area contributed by atoms with Crippen molar-refractivity contribution in [1.29, 1.82) is 0 Å². The molecule has 11 heteroatoms. The number of aryl methyl sites for hydroxylation is 1. The van der Waals surface area contributed by atoms with Gasteiger partial charge in [-0.05, 0) is 48.9 Å². The van der Waals surface area contributed by atoms with Crippen LogP contribution in [0.3, 0.4) is 0 Å². The van der Waals surface area contributed by atoms with Crippen molar-refractivity contribution in [2.45, 2.75) is 24.6 Å². The Balaban J connectivity index is 1.88. The Bertz CT molecular complexity index is 900. The van der Waals surface area contributed by atoms with Crippen molar-refractivity contribution in [2.75, 3.05) is 11.9 Å². The number of halogens is 3. The highest BCUT2D eigenvalue weighted by atomic mass is 32.2. The van der Waals surface area contributed by atoms with Gasteiger partial charge in [-0.3, -0.25) is 4.79 Å². The normalized spacial score (nSPS) is 11.9. The molecule has 0 spiro atoms. The molecule has 0 aliphatic heterocycles. The average molecular weight is 403 g/mol. The van der Waals surface area contributed by atoms with Crippen LogP contribution in [0, 0.1) is 6.92 Å². The zero-order chi connectivity index (χ0) is 20.1. The van der Waals surface area contributed by atoms with Crippen LogP contribution in [0.2, 0.25) is 0 Å². The van der Waals surface area contributed by atoms with Gasteiger partial charge in [-0.2, -0.15) is 0 Å². The Morgan fingerprint density at radius 2 is 1.85 bits per heavy atom. The molecule has 0 radical (unpaired) electrons. The second kappa shape index (κ2) is 8.35. The fraction of sp³-hybridized carbons (Fsp3) is 0.250.